The number of aromatic nitrogens is 6. The van der Waals surface area contributed by atoms with E-state index in [9.17, 15) is 0 Å². The number of fused-ring (bicyclic) bond motifs is 5. The zero-order valence-electron chi connectivity index (χ0n) is 14.7. The largest absolute Gasteiger partial charge is 0.264 e. The van der Waals surface area contributed by atoms with E-state index in [4.69, 9.17) is 4.98 Å². The molecule has 4 aromatic heterocycles. The van der Waals surface area contributed by atoms with E-state index in [2.05, 4.69) is 22.1 Å². The van der Waals surface area contributed by atoms with Crippen molar-refractivity contribution in [2.24, 2.45) is 13.0 Å². The molecule has 0 radical (unpaired) electrons. The minimum absolute atomic E-state index is 0.708. The van der Waals surface area contributed by atoms with E-state index >= 15 is 0 Å². The first-order valence-corrected chi connectivity index (χ1v) is 9.62. The Bertz CT molecular complexity index is 1100. The van der Waals surface area contributed by atoms with Gasteiger partial charge in [0.15, 0.2) is 11.5 Å². The molecule has 7 heteroatoms. The second kappa shape index (κ2) is 5.36. The third-order valence-corrected chi connectivity index (χ3v) is 6.46. The lowest BCUT2D eigenvalue weighted by atomic mass is 9.86. The maximum absolute atomic E-state index is 4.86. The van der Waals surface area contributed by atoms with Gasteiger partial charge in [0.25, 0.3) is 0 Å². The van der Waals surface area contributed by atoms with Crippen molar-refractivity contribution in [1.29, 1.82) is 0 Å². The molecule has 128 valence electrons. The lowest BCUT2D eigenvalue weighted by Gasteiger charge is -2.20. The molecule has 6 nitrogen and oxygen atoms in total. The Hall–Kier alpha value is -2.28. The highest BCUT2D eigenvalue weighted by molar-refractivity contribution is 7.19. The Balaban J connectivity index is 1.73. The van der Waals surface area contributed by atoms with Crippen molar-refractivity contribution in [3.8, 4) is 11.5 Å². The van der Waals surface area contributed by atoms with E-state index in [-0.39, 0.29) is 0 Å². The van der Waals surface area contributed by atoms with Gasteiger partial charge in [-0.1, -0.05) is 13.3 Å². The molecule has 1 aliphatic rings. The normalized spacial score (nSPS) is 17.5. The first kappa shape index (κ1) is 15.0. The van der Waals surface area contributed by atoms with Crippen molar-refractivity contribution in [3.05, 3.63) is 28.5 Å². The zero-order valence-corrected chi connectivity index (χ0v) is 15.5. The number of aryl methyl sites for hydroxylation is 3. The van der Waals surface area contributed by atoms with Crippen LogP contribution in [-0.2, 0) is 19.9 Å². The maximum Gasteiger partial charge on any atom is 0.200 e. The Labute approximate surface area is 149 Å². The molecule has 0 aromatic carbocycles. The van der Waals surface area contributed by atoms with Gasteiger partial charge in [0.1, 0.15) is 16.9 Å². The molecule has 5 rings (SSSR count). The summed E-state index contributed by atoms with van der Waals surface area (Å²) in [7, 11) is 1.93. The van der Waals surface area contributed by atoms with Crippen molar-refractivity contribution in [3.63, 3.8) is 0 Å². The van der Waals surface area contributed by atoms with Crippen LogP contribution in [0.5, 0.6) is 0 Å². The molecule has 0 N–H and O–H groups in total. The highest BCUT2D eigenvalue weighted by Crippen LogP contribution is 2.39. The van der Waals surface area contributed by atoms with Crippen LogP contribution in [0.2, 0.25) is 0 Å². The van der Waals surface area contributed by atoms with Crippen LogP contribution in [-0.4, -0.2) is 29.4 Å². The fourth-order valence-corrected chi connectivity index (χ4v) is 5.22. The molecule has 0 fully saturated rings. The van der Waals surface area contributed by atoms with E-state index in [1.54, 1.807) is 6.33 Å². The number of nitrogens with zero attached hydrogens (tertiary/aromatic N) is 6. The van der Waals surface area contributed by atoms with Gasteiger partial charge in [-0.15, -0.1) is 16.4 Å². The summed E-state index contributed by atoms with van der Waals surface area (Å²) in [5, 5.41) is 10.3. The van der Waals surface area contributed by atoms with Crippen LogP contribution in [0.1, 0.15) is 35.9 Å². The van der Waals surface area contributed by atoms with Gasteiger partial charge in [0, 0.05) is 11.9 Å². The monoisotopic (exact) mass is 352 g/mol. The summed E-state index contributed by atoms with van der Waals surface area (Å²) in [4.78, 5) is 12.1. The maximum atomic E-state index is 4.86. The highest BCUT2D eigenvalue weighted by atomic mass is 32.1. The summed E-state index contributed by atoms with van der Waals surface area (Å²) in [6, 6.07) is 2.02. The molecule has 0 aliphatic heterocycles. The third-order valence-electron chi connectivity index (χ3n) is 5.30. The Morgan fingerprint density at radius 2 is 2.20 bits per heavy atom. The van der Waals surface area contributed by atoms with Crippen LogP contribution in [0.25, 0.3) is 27.4 Å². The standard InChI is InChI=1S/C18H20N6S/c1-4-11-5-6-12-14(8-11)25-18-15(12)17-20-16(22-24(17)9-19-18)13-7-10(2)21-23(13)3/h7,9,11H,4-6,8H2,1-3H3/t11-/m1/s1. The molecule has 0 amide bonds. The van der Waals surface area contributed by atoms with E-state index in [0.29, 0.717) is 5.82 Å². The number of hydrogen-bond acceptors (Lipinski definition) is 5. The fourth-order valence-electron chi connectivity index (χ4n) is 3.92. The van der Waals surface area contributed by atoms with Gasteiger partial charge in [-0.05, 0) is 43.7 Å². The van der Waals surface area contributed by atoms with Gasteiger partial charge in [-0.25, -0.2) is 14.5 Å². The van der Waals surface area contributed by atoms with Crippen molar-refractivity contribution in [2.45, 2.75) is 39.5 Å². The van der Waals surface area contributed by atoms with Gasteiger partial charge in [0.2, 0.25) is 0 Å². The van der Waals surface area contributed by atoms with Gasteiger partial charge in [0.05, 0.1) is 11.1 Å². The van der Waals surface area contributed by atoms with E-state index < -0.39 is 0 Å². The van der Waals surface area contributed by atoms with Crippen molar-refractivity contribution in [1.82, 2.24) is 29.4 Å². The van der Waals surface area contributed by atoms with Crippen LogP contribution in [0, 0.1) is 12.8 Å². The quantitative estimate of drug-likeness (QED) is 0.553. The predicted octanol–water partition coefficient (Wildman–Crippen LogP) is 3.56. The van der Waals surface area contributed by atoms with Crippen LogP contribution in [0.3, 0.4) is 0 Å². The minimum atomic E-state index is 0.708. The fraction of sp³-hybridized carbons (Fsp3) is 0.444. The summed E-state index contributed by atoms with van der Waals surface area (Å²) >= 11 is 1.84. The molecular formula is C18H20N6S. The molecule has 0 saturated heterocycles. The summed E-state index contributed by atoms with van der Waals surface area (Å²) in [5.74, 6) is 1.52. The molecule has 0 unspecified atom stereocenters. The summed E-state index contributed by atoms with van der Waals surface area (Å²) in [5.41, 5.74) is 4.27. The molecule has 4 heterocycles. The van der Waals surface area contributed by atoms with Gasteiger partial charge < -0.3 is 0 Å². The average Bonchev–Trinajstić information content (AvgIpc) is 3.27. The molecule has 4 aromatic rings. The van der Waals surface area contributed by atoms with Gasteiger partial charge >= 0.3 is 0 Å². The first-order valence-electron chi connectivity index (χ1n) is 8.80. The highest BCUT2D eigenvalue weighted by Gasteiger charge is 2.25. The molecule has 0 saturated carbocycles. The molecule has 0 bridgehead atoms. The summed E-state index contributed by atoms with van der Waals surface area (Å²) in [6.45, 7) is 4.28. The van der Waals surface area contributed by atoms with Gasteiger partial charge in [-0.3, -0.25) is 4.68 Å². The van der Waals surface area contributed by atoms with E-state index in [0.717, 1.165) is 34.2 Å². The average molecular weight is 352 g/mol. The van der Waals surface area contributed by atoms with Crippen LogP contribution in [0.4, 0.5) is 0 Å². The van der Waals surface area contributed by atoms with Crippen molar-refractivity contribution >= 4 is 27.2 Å². The minimum Gasteiger partial charge on any atom is -0.264 e. The summed E-state index contributed by atoms with van der Waals surface area (Å²) < 4.78 is 3.66. The number of thiophene rings is 1. The summed E-state index contributed by atoms with van der Waals surface area (Å²) in [6.07, 6.45) is 6.61. The van der Waals surface area contributed by atoms with E-state index in [1.807, 2.05) is 40.6 Å². The Morgan fingerprint density at radius 1 is 1.32 bits per heavy atom. The second-order valence-corrected chi connectivity index (χ2v) is 8.03. The SMILES string of the molecule is CC[C@@H]1CCc2c(sc3ncn4nc(-c5cc(C)nn5C)nc4c23)C1. The molecule has 25 heavy (non-hydrogen) atoms. The first-order chi connectivity index (χ1) is 12.1. The lowest BCUT2D eigenvalue weighted by Crippen LogP contribution is -2.11. The van der Waals surface area contributed by atoms with E-state index in [1.165, 1.54) is 35.1 Å². The van der Waals surface area contributed by atoms with Gasteiger partial charge in [-0.2, -0.15) is 5.10 Å². The number of rotatable bonds is 2. The lowest BCUT2D eigenvalue weighted by molar-refractivity contribution is 0.451. The molecule has 0 spiro atoms. The molecule has 1 atom stereocenters. The number of hydrogen-bond donors (Lipinski definition) is 0. The van der Waals surface area contributed by atoms with Crippen molar-refractivity contribution in [2.75, 3.05) is 0 Å². The topological polar surface area (TPSA) is 60.9 Å². The van der Waals surface area contributed by atoms with Crippen molar-refractivity contribution < 1.29 is 0 Å². The van der Waals surface area contributed by atoms with Crippen LogP contribution >= 0.6 is 11.3 Å². The zero-order chi connectivity index (χ0) is 17.1. The van der Waals surface area contributed by atoms with Crippen LogP contribution < -0.4 is 0 Å². The smallest absolute Gasteiger partial charge is 0.200 e. The Morgan fingerprint density at radius 3 is 2.96 bits per heavy atom. The van der Waals surface area contributed by atoms with Crippen LogP contribution in [0.15, 0.2) is 12.4 Å². The molecular weight excluding hydrogens is 332 g/mol. The molecule has 1 aliphatic carbocycles. The third kappa shape index (κ3) is 2.22. The second-order valence-electron chi connectivity index (χ2n) is 6.94. The predicted molar refractivity (Wildman–Crippen MR) is 98.9 cm³/mol. The Kier molecular flexibility index (Phi) is 3.22.